The summed E-state index contributed by atoms with van der Waals surface area (Å²) < 4.78 is 1.92. The number of anilines is 1. The Balaban J connectivity index is 1.74. The quantitative estimate of drug-likeness (QED) is 0.916. The minimum absolute atomic E-state index is 0.0440. The molecule has 0 saturated carbocycles. The summed E-state index contributed by atoms with van der Waals surface area (Å²) in [6.07, 6.45) is 1.90. The van der Waals surface area contributed by atoms with Crippen molar-refractivity contribution in [1.82, 2.24) is 14.4 Å². The Morgan fingerprint density at radius 2 is 1.85 bits per heavy atom. The fourth-order valence-corrected chi connectivity index (χ4v) is 3.28. The number of fused-ring (bicyclic) bond motifs is 1. The Hall–Kier alpha value is -2.50. The molecule has 140 valence electrons. The van der Waals surface area contributed by atoms with Gasteiger partial charge in [0.1, 0.15) is 6.54 Å². The van der Waals surface area contributed by atoms with Crippen LogP contribution in [0, 0.1) is 5.41 Å². The first-order chi connectivity index (χ1) is 12.0. The molecule has 0 aliphatic carbocycles. The number of carbonyl (C=O) groups excluding carboxylic acids is 2. The Labute approximate surface area is 154 Å². The van der Waals surface area contributed by atoms with E-state index in [1.807, 2.05) is 39.9 Å². The van der Waals surface area contributed by atoms with E-state index in [4.69, 9.17) is 0 Å². The Morgan fingerprint density at radius 3 is 2.42 bits per heavy atom. The molecule has 1 aliphatic rings. The van der Waals surface area contributed by atoms with Gasteiger partial charge in [0.15, 0.2) is 0 Å². The van der Waals surface area contributed by atoms with Gasteiger partial charge in [-0.05, 0) is 38.1 Å². The zero-order valence-electron chi connectivity index (χ0n) is 16.5. The van der Waals surface area contributed by atoms with Gasteiger partial charge in [-0.2, -0.15) is 0 Å². The van der Waals surface area contributed by atoms with Crippen LogP contribution < -0.4 is 5.32 Å². The molecule has 6 heteroatoms. The summed E-state index contributed by atoms with van der Waals surface area (Å²) in [6.45, 7) is 9.61. The summed E-state index contributed by atoms with van der Waals surface area (Å²) in [6, 6.07) is 7.66. The number of likely N-dealkylation sites (N-methyl/N-ethyl adjacent to an activating group) is 1. The highest BCUT2D eigenvalue weighted by Gasteiger charge is 2.54. The Bertz CT molecular complexity index is 864. The van der Waals surface area contributed by atoms with Crippen LogP contribution in [0.25, 0.3) is 10.9 Å². The molecule has 0 radical (unpaired) electrons. The van der Waals surface area contributed by atoms with E-state index in [2.05, 4.69) is 33.0 Å². The molecule has 2 aromatic rings. The number of amides is 3. The lowest BCUT2D eigenvalue weighted by molar-refractivity contribution is -0.129. The van der Waals surface area contributed by atoms with Gasteiger partial charge in [-0.25, -0.2) is 4.79 Å². The first-order valence-corrected chi connectivity index (χ1v) is 8.90. The molecule has 0 atom stereocenters. The number of hydrogen-bond acceptors (Lipinski definition) is 2. The second-order valence-electron chi connectivity index (χ2n) is 8.46. The van der Waals surface area contributed by atoms with Crippen LogP contribution in [0.2, 0.25) is 0 Å². The maximum Gasteiger partial charge on any atom is 0.322 e. The van der Waals surface area contributed by atoms with E-state index in [0.717, 1.165) is 23.1 Å². The zero-order chi connectivity index (χ0) is 19.3. The maximum atomic E-state index is 12.6. The van der Waals surface area contributed by atoms with Gasteiger partial charge in [0.25, 0.3) is 0 Å². The molecule has 6 nitrogen and oxygen atoms in total. The largest absolute Gasteiger partial charge is 0.347 e. The smallest absolute Gasteiger partial charge is 0.322 e. The molecule has 3 amide bonds. The molecule has 26 heavy (non-hydrogen) atoms. The van der Waals surface area contributed by atoms with Crippen molar-refractivity contribution >= 4 is 28.5 Å². The van der Waals surface area contributed by atoms with Crippen LogP contribution >= 0.6 is 0 Å². The first kappa shape index (κ1) is 18.3. The second-order valence-corrected chi connectivity index (χ2v) is 8.46. The van der Waals surface area contributed by atoms with Crippen molar-refractivity contribution in [1.29, 1.82) is 0 Å². The summed E-state index contributed by atoms with van der Waals surface area (Å²) in [7, 11) is 3.50. The molecule has 1 aromatic heterocycles. The van der Waals surface area contributed by atoms with Gasteiger partial charge in [0.05, 0.1) is 0 Å². The topological polar surface area (TPSA) is 57.6 Å². The summed E-state index contributed by atoms with van der Waals surface area (Å²) in [5.74, 6) is 0.0440. The molecule has 0 spiro atoms. The molecule has 3 rings (SSSR count). The number of aromatic nitrogens is 1. The lowest BCUT2D eigenvalue weighted by atomic mass is 9.65. The van der Waals surface area contributed by atoms with Crippen LogP contribution in [0.4, 0.5) is 10.5 Å². The number of nitrogens with zero attached hydrogens (tertiary/aromatic N) is 3. The van der Waals surface area contributed by atoms with Gasteiger partial charge in [-0.15, -0.1) is 0 Å². The van der Waals surface area contributed by atoms with Crippen molar-refractivity contribution in [3.05, 3.63) is 30.5 Å². The van der Waals surface area contributed by atoms with Crippen molar-refractivity contribution in [2.45, 2.75) is 39.8 Å². The average Bonchev–Trinajstić information content (AvgIpc) is 2.94. The van der Waals surface area contributed by atoms with Crippen molar-refractivity contribution < 1.29 is 9.59 Å². The fourth-order valence-electron chi connectivity index (χ4n) is 3.28. The molecule has 1 fully saturated rings. The number of benzene rings is 1. The van der Waals surface area contributed by atoms with Crippen molar-refractivity contribution in [3.63, 3.8) is 0 Å². The van der Waals surface area contributed by atoms with Gasteiger partial charge in [0.2, 0.25) is 5.91 Å². The molecule has 1 N–H and O–H groups in total. The summed E-state index contributed by atoms with van der Waals surface area (Å²) >= 11 is 0. The predicted molar refractivity (Wildman–Crippen MR) is 104 cm³/mol. The molecule has 2 heterocycles. The van der Waals surface area contributed by atoms with E-state index < -0.39 is 0 Å². The van der Waals surface area contributed by atoms with Crippen molar-refractivity contribution in [3.8, 4) is 0 Å². The average molecular weight is 356 g/mol. The molecule has 1 aliphatic heterocycles. The minimum Gasteiger partial charge on any atom is -0.347 e. The van der Waals surface area contributed by atoms with Gasteiger partial charge < -0.3 is 19.7 Å². The van der Waals surface area contributed by atoms with Gasteiger partial charge in [-0.1, -0.05) is 13.8 Å². The van der Waals surface area contributed by atoms with Gasteiger partial charge in [0, 0.05) is 54.4 Å². The van der Waals surface area contributed by atoms with Crippen molar-refractivity contribution in [2.24, 2.45) is 5.41 Å². The summed E-state index contributed by atoms with van der Waals surface area (Å²) in [5.41, 5.74) is 1.69. The Kier molecular flexibility index (Phi) is 4.25. The van der Waals surface area contributed by atoms with E-state index in [0.29, 0.717) is 6.54 Å². The predicted octanol–water partition coefficient (Wildman–Crippen LogP) is 3.38. The molecular formula is C20H28N4O2. The second kappa shape index (κ2) is 6.04. The van der Waals surface area contributed by atoms with E-state index in [1.165, 1.54) is 0 Å². The minimum atomic E-state index is -0.170. The summed E-state index contributed by atoms with van der Waals surface area (Å²) in [5, 5.41) is 4.00. The fraction of sp³-hybridized carbons (Fsp3) is 0.500. The highest BCUT2D eigenvalue weighted by molar-refractivity contribution is 5.94. The van der Waals surface area contributed by atoms with E-state index in [1.54, 1.807) is 19.0 Å². The van der Waals surface area contributed by atoms with Crippen LogP contribution in [-0.2, 0) is 11.3 Å². The number of likely N-dealkylation sites (tertiary alicyclic amines) is 1. The number of nitrogens with one attached hydrogen (secondary N) is 1. The van der Waals surface area contributed by atoms with Crippen LogP contribution in [0.15, 0.2) is 30.5 Å². The third-order valence-electron chi connectivity index (χ3n) is 5.96. The highest BCUT2D eigenvalue weighted by Crippen LogP contribution is 2.46. The number of rotatable bonds is 3. The molecule has 0 bridgehead atoms. The van der Waals surface area contributed by atoms with Gasteiger partial charge in [-0.3, -0.25) is 4.79 Å². The third kappa shape index (κ3) is 2.93. The van der Waals surface area contributed by atoms with E-state index in [9.17, 15) is 9.59 Å². The number of carbonyl (C=O) groups is 2. The van der Waals surface area contributed by atoms with Crippen molar-refractivity contribution in [2.75, 3.05) is 26.0 Å². The first-order valence-electron chi connectivity index (χ1n) is 8.90. The third-order valence-corrected chi connectivity index (χ3v) is 5.96. The van der Waals surface area contributed by atoms with E-state index in [-0.39, 0.29) is 22.9 Å². The zero-order valence-corrected chi connectivity index (χ0v) is 16.5. The molecule has 1 aromatic carbocycles. The highest BCUT2D eigenvalue weighted by atomic mass is 16.2. The lowest BCUT2D eigenvalue weighted by Gasteiger charge is -2.60. The lowest BCUT2D eigenvalue weighted by Crippen LogP contribution is -2.71. The van der Waals surface area contributed by atoms with Crippen LogP contribution in [0.3, 0.4) is 0 Å². The molecule has 0 unspecified atom stereocenters. The van der Waals surface area contributed by atoms with Crippen LogP contribution in [-0.4, -0.2) is 52.5 Å². The monoisotopic (exact) mass is 356 g/mol. The standard InChI is InChI=1S/C20H28N4O2/c1-19(2)13-24(20(19,3)4)18(26)21-15-7-8-16-14(11-15)9-10-23(16)12-17(25)22(5)6/h7-11H,12-13H2,1-6H3,(H,21,26). The molecule has 1 saturated heterocycles. The Morgan fingerprint density at radius 1 is 1.15 bits per heavy atom. The van der Waals surface area contributed by atoms with Gasteiger partial charge >= 0.3 is 6.03 Å². The van der Waals surface area contributed by atoms with Crippen LogP contribution in [0.5, 0.6) is 0 Å². The SMILES string of the molecule is CN(C)C(=O)Cn1ccc2cc(NC(=O)N3CC(C)(C)C3(C)C)ccc21. The summed E-state index contributed by atoms with van der Waals surface area (Å²) in [4.78, 5) is 28.0. The molecular weight excluding hydrogens is 328 g/mol. The number of hydrogen-bond donors (Lipinski definition) is 1. The van der Waals surface area contributed by atoms with E-state index >= 15 is 0 Å². The maximum absolute atomic E-state index is 12.6. The van der Waals surface area contributed by atoms with Crippen LogP contribution in [0.1, 0.15) is 27.7 Å². The normalized spacial score (nSPS) is 17.7. The number of urea groups is 1.